The zero-order chi connectivity index (χ0) is 16.1. The molecule has 0 unspecified atom stereocenters. The standard InChI is InChI=1S/C17H20N4O2/c1-14(22)23-16-8-4-3-7-15(16)17(20-12-9-18-13-20)19-21-10-5-2-6-11-21/h3-4,7-9,12-13H,2,5-6,10-11H2,1H3/b19-17-. The fraction of sp³-hybridized carbons (Fsp3) is 0.353. The number of carbonyl (C=O) groups is 1. The third kappa shape index (κ3) is 3.77. The number of hydrogen-bond donors (Lipinski definition) is 0. The minimum absolute atomic E-state index is 0.347. The summed E-state index contributed by atoms with van der Waals surface area (Å²) in [6, 6.07) is 7.43. The first kappa shape index (κ1) is 15.3. The van der Waals surface area contributed by atoms with Crippen molar-refractivity contribution in [2.24, 2.45) is 5.10 Å². The van der Waals surface area contributed by atoms with Gasteiger partial charge in [0.25, 0.3) is 0 Å². The van der Waals surface area contributed by atoms with Gasteiger partial charge in [-0.3, -0.25) is 14.4 Å². The van der Waals surface area contributed by atoms with Gasteiger partial charge >= 0.3 is 5.97 Å². The molecule has 3 rings (SSSR count). The van der Waals surface area contributed by atoms with E-state index in [4.69, 9.17) is 9.84 Å². The molecular weight excluding hydrogens is 292 g/mol. The lowest BCUT2D eigenvalue weighted by Gasteiger charge is -2.25. The molecule has 0 spiro atoms. The van der Waals surface area contributed by atoms with E-state index in [1.807, 2.05) is 29.0 Å². The van der Waals surface area contributed by atoms with Crippen molar-refractivity contribution >= 4 is 11.8 Å². The third-order valence-corrected chi connectivity index (χ3v) is 3.70. The van der Waals surface area contributed by atoms with Crippen molar-refractivity contribution in [1.82, 2.24) is 14.6 Å². The van der Waals surface area contributed by atoms with Gasteiger partial charge in [-0.05, 0) is 31.4 Å². The van der Waals surface area contributed by atoms with Gasteiger partial charge < -0.3 is 4.74 Å². The van der Waals surface area contributed by atoms with E-state index in [2.05, 4.69) is 9.99 Å². The van der Waals surface area contributed by atoms with Crippen LogP contribution in [0, 0.1) is 0 Å². The second-order valence-corrected chi connectivity index (χ2v) is 5.50. The number of carbonyl (C=O) groups excluding carboxylic acids is 1. The highest BCUT2D eigenvalue weighted by Gasteiger charge is 2.16. The van der Waals surface area contributed by atoms with Crippen molar-refractivity contribution in [2.45, 2.75) is 26.2 Å². The monoisotopic (exact) mass is 312 g/mol. The number of aromatic nitrogens is 2. The lowest BCUT2D eigenvalue weighted by molar-refractivity contribution is -0.131. The molecule has 1 aromatic carbocycles. The number of hydrogen-bond acceptors (Lipinski definition) is 5. The molecule has 1 aliphatic heterocycles. The van der Waals surface area contributed by atoms with Crippen molar-refractivity contribution in [3.05, 3.63) is 48.5 Å². The van der Waals surface area contributed by atoms with E-state index in [-0.39, 0.29) is 5.97 Å². The maximum Gasteiger partial charge on any atom is 0.308 e. The molecule has 0 amide bonds. The van der Waals surface area contributed by atoms with E-state index in [0.29, 0.717) is 11.6 Å². The number of piperidine rings is 1. The Morgan fingerprint density at radius 3 is 2.70 bits per heavy atom. The molecule has 1 fully saturated rings. The number of imidazole rings is 1. The molecular formula is C17H20N4O2. The van der Waals surface area contributed by atoms with Crippen molar-refractivity contribution < 1.29 is 9.53 Å². The van der Waals surface area contributed by atoms with Gasteiger partial charge in [-0.25, -0.2) is 4.98 Å². The maximum atomic E-state index is 11.4. The van der Waals surface area contributed by atoms with Gasteiger partial charge in [0.15, 0.2) is 5.84 Å². The molecule has 0 N–H and O–H groups in total. The van der Waals surface area contributed by atoms with Gasteiger partial charge in [0.1, 0.15) is 12.1 Å². The number of rotatable bonds is 3. The number of benzene rings is 1. The Kier molecular flexibility index (Phi) is 4.71. The first-order valence-corrected chi connectivity index (χ1v) is 7.84. The number of hydrazone groups is 1. The van der Waals surface area contributed by atoms with Crippen LogP contribution in [0.5, 0.6) is 5.75 Å². The van der Waals surface area contributed by atoms with E-state index >= 15 is 0 Å². The normalized spacial score (nSPS) is 15.5. The van der Waals surface area contributed by atoms with Crippen LogP contribution in [-0.2, 0) is 4.79 Å². The van der Waals surface area contributed by atoms with Gasteiger partial charge in [-0.1, -0.05) is 12.1 Å². The van der Waals surface area contributed by atoms with Crippen molar-refractivity contribution in [3.63, 3.8) is 0 Å². The van der Waals surface area contributed by atoms with E-state index in [0.717, 1.165) is 31.5 Å². The highest BCUT2D eigenvalue weighted by atomic mass is 16.5. The van der Waals surface area contributed by atoms with Crippen molar-refractivity contribution in [3.8, 4) is 5.75 Å². The highest BCUT2D eigenvalue weighted by Crippen LogP contribution is 2.21. The number of esters is 1. The van der Waals surface area contributed by atoms with Crippen LogP contribution in [0.4, 0.5) is 0 Å². The molecule has 2 aromatic rings. The fourth-order valence-electron chi connectivity index (χ4n) is 2.64. The van der Waals surface area contributed by atoms with Crippen LogP contribution in [0.1, 0.15) is 31.7 Å². The Morgan fingerprint density at radius 1 is 1.22 bits per heavy atom. The number of nitrogens with zero attached hydrogens (tertiary/aromatic N) is 4. The molecule has 1 aliphatic rings. The summed E-state index contributed by atoms with van der Waals surface area (Å²) in [7, 11) is 0. The van der Waals surface area contributed by atoms with Gasteiger partial charge in [0, 0.05) is 32.4 Å². The Hall–Kier alpha value is -2.63. The Labute approximate surface area is 135 Å². The maximum absolute atomic E-state index is 11.4. The molecule has 6 nitrogen and oxygen atoms in total. The minimum atomic E-state index is -0.347. The highest BCUT2D eigenvalue weighted by molar-refractivity contribution is 6.02. The predicted molar refractivity (Wildman–Crippen MR) is 87.3 cm³/mol. The summed E-state index contributed by atoms with van der Waals surface area (Å²) in [6.45, 7) is 3.28. The summed E-state index contributed by atoms with van der Waals surface area (Å²) in [5.41, 5.74) is 0.770. The third-order valence-electron chi connectivity index (χ3n) is 3.70. The van der Waals surface area contributed by atoms with Gasteiger partial charge in [0.2, 0.25) is 0 Å². The molecule has 0 radical (unpaired) electrons. The van der Waals surface area contributed by atoms with E-state index in [1.54, 1.807) is 18.6 Å². The number of para-hydroxylation sites is 1. The summed E-state index contributed by atoms with van der Waals surface area (Å²) in [5, 5.41) is 6.87. The van der Waals surface area contributed by atoms with Crippen LogP contribution >= 0.6 is 0 Å². The lowest BCUT2D eigenvalue weighted by atomic mass is 10.1. The minimum Gasteiger partial charge on any atom is -0.426 e. The van der Waals surface area contributed by atoms with Crippen LogP contribution in [0.3, 0.4) is 0 Å². The zero-order valence-corrected chi connectivity index (χ0v) is 13.2. The SMILES string of the molecule is CC(=O)Oc1ccccc1/C(=N/N1CCCCC1)n1ccnc1. The van der Waals surface area contributed by atoms with Gasteiger partial charge in [-0.15, -0.1) is 0 Å². The predicted octanol–water partition coefficient (Wildman–Crippen LogP) is 2.50. The second-order valence-electron chi connectivity index (χ2n) is 5.50. The second kappa shape index (κ2) is 7.09. The first-order valence-electron chi connectivity index (χ1n) is 7.84. The van der Waals surface area contributed by atoms with Crippen LogP contribution in [0.2, 0.25) is 0 Å². The summed E-state index contributed by atoms with van der Waals surface area (Å²) in [5.74, 6) is 0.867. The molecule has 0 bridgehead atoms. The quantitative estimate of drug-likeness (QED) is 0.378. The van der Waals surface area contributed by atoms with Crippen molar-refractivity contribution in [1.29, 1.82) is 0 Å². The first-order chi connectivity index (χ1) is 11.2. The van der Waals surface area contributed by atoms with Crippen LogP contribution in [0.25, 0.3) is 0 Å². The molecule has 6 heteroatoms. The molecule has 1 aromatic heterocycles. The molecule has 120 valence electrons. The smallest absolute Gasteiger partial charge is 0.308 e. The van der Waals surface area contributed by atoms with Crippen molar-refractivity contribution in [2.75, 3.05) is 13.1 Å². The fourth-order valence-corrected chi connectivity index (χ4v) is 2.64. The molecule has 0 saturated carbocycles. The topological polar surface area (TPSA) is 59.7 Å². The largest absolute Gasteiger partial charge is 0.426 e. The van der Waals surface area contributed by atoms with Crippen LogP contribution < -0.4 is 4.74 Å². The molecule has 0 atom stereocenters. The average Bonchev–Trinajstić information content (AvgIpc) is 3.08. The number of ether oxygens (including phenoxy) is 1. The Bertz CT molecular complexity index is 688. The summed E-state index contributed by atoms with van der Waals surface area (Å²) in [6.07, 6.45) is 8.79. The van der Waals surface area contributed by atoms with E-state index < -0.39 is 0 Å². The van der Waals surface area contributed by atoms with Gasteiger partial charge in [0.05, 0.1) is 5.56 Å². The van der Waals surface area contributed by atoms with Crippen LogP contribution in [0.15, 0.2) is 48.1 Å². The Morgan fingerprint density at radius 2 is 2.00 bits per heavy atom. The van der Waals surface area contributed by atoms with E-state index in [1.165, 1.54) is 13.3 Å². The van der Waals surface area contributed by atoms with Crippen LogP contribution in [-0.4, -0.2) is 39.5 Å². The van der Waals surface area contributed by atoms with Gasteiger partial charge in [-0.2, -0.15) is 5.10 Å². The molecule has 1 saturated heterocycles. The summed E-state index contributed by atoms with van der Waals surface area (Å²) >= 11 is 0. The molecule has 23 heavy (non-hydrogen) atoms. The average molecular weight is 312 g/mol. The molecule has 0 aliphatic carbocycles. The zero-order valence-electron chi connectivity index (χ0n) is 13.2. The summed E-state index contributed by atoms with van der Waals surface area (Å²) in [4.78, 5) is 15.5. The van der Waals surface area contributed by atoms with E-state index in [9.17, 15) is 4.79 Å². The Balaban J connectivity index is 2.02. The lowest BCUT2D eigenvalue weighted by Crippen LogP contribution is -2.28. The summed E-state index contributed by atoms with van der Waals surface area (Å²) < 4.78 is 7.19. The molecule has 2 heterocycles.